The van der Waals surface area contributed by atoms with Gasteiger partial charge in [0.25, 0.3) is 0 Å². The van der Waals surface area contributed by atoms with E-state index in [9.17, 15) is 0 Å². The van der Waals surface area contributed by atoms with Crippen LogP contribution in [0, 0.1) is 0 Å². The minimum atomic E-state index is -4.80. The first-order valence-corrected chi connectivity index (χ1v) is 3.06. The zero-order valence-corrected chi connectivity index (χ0v) is 3.50. The average molecular weight is 237 g/mol. The summed E-state index contributed by atoms with van der Waals surface area (Å²) >= 11 is 0. The molecule has 0 aromatic carbocycles. The van der Waals surface area contributed by atoms with Gasteiger partial charge in [0.1, 0.15) is 0 Å². The summed E-state index contributed by atoms with van der Waals surface area (Å²) in [6.45, 7) is 0. The van der Waals surface area contributed by atoms with Gasteiger partial charge < -0.3 is 0 Å². The molecule has 1 rings (SSSR count). The minimum absolute atomic E-state index is 0. The van der Waals surface area contributed by atoms with Crippen LogP contribution in [-0.4, -0.2) is 38.6 Å². The first-order chi connectivity index (χ1) is 2.47. The van der Waals surface area contributed by atoms with Gasteiger partial charge in [0, 0.05) is 0 Å². The van der Waals surface area contributed by atoms with Gasteiger partial charge in [0.2, 0.25) is 0 Å². The van der Waals surface area contributed by atoms with Crippen molar-refractivity contribution < 1.29 is 24.0 Å². The van der Waals surface area contributed by atoms with E-state index in [0.717, 1.165) is 0 Å². The van der Waals surface area contributed by atoms with Gasteiger partial charge in [-0.05, 0) is 0 Å². The van der Waals surface area contributed by atoms with Gasteiger partial charge in [-0.3, -0.25) is 0 Å². The Bertz CT molecular complexity index is 71.8. The van der Waals surface area contributed by atoms with E-state index < -0.39 is 7.74 Å². The van der Waals surface area contributed by atoms with Crippen LogP contribution < -0.4 is 0 Å². The summed E-state index contributed by atoms with van der Waals surface area (Å²) in [4.78, 5) is 23.7. The van der Waals surface area contributed by atoms with Gasteiger partial charge in [0.15, 0.2) is 0 Å². The average Bonchev–Trinajstić information content (AvgIpc) is 1.73. The van der Waals surface area contributed by atoms with Crippen molar-refractivity contribution in [1.82, 2.24) is 0 Å². The van der Waals surface area contributed by atoms with Crippen LogP contribution >= 0.6 is 7.74 Å². The summed E-state index contributed by atoms with van der Waals surface area (Å²) < 4.78 is 6.76. The fraction of sp³-hybridized carbons (Fsp3) is 0. The second kappa shape index (κ2) is 1.50. The Morgan fingerprint density at radius 1 is 1.00 bits per heavy atom. The number of hydrogen-bond acceptors (Lipinski definition) is 5. The zero-order valence-electron chi connectivity index (χ0n) is 2.61. The van der Waals surface area contributed by atoms with Crippen molar-refractivity contribution in [3.05, 3.63) is 0 Å². The van der Waals surface area contributed by atoms with Crippen LogP contribution in [-0.2, 0) is 9.35 Å². The molecule has 0 aromatic rings. The predicted octanol–water partition coefficient (Wildman–Crippen LogP) is -2.40. The van der Waals surface area contributed by atoms with Crippen molar-refractivity contribution in [2.45, 2.75) is 0 Å². The van der Waals surface area contributed by atoms with Gasteiger partial charge in [-0.2, -0.15) is 0 Å². The summed E-state index contributed by atoms with van der Waals surface area (Å²) in [6, 6.07) is 0. The molecule has 0 aliphatic carbocycles. The fourth-order valence-electron chi connectivity index (χ4n) is 0.0447. The van der Waals surface area contributed by atoms with Crippen LogP contribution in [0.1, 0.15) is 0 Å². The van der Waals surface area contributed by atoms with E-state index in [1.54, 1.807) is 0 Å². The van der Waals surface area contributed by atoms with E-state index in [0.29, 0.717) is 0 Å². The Kier molecular flexibility index (Phi) is 1.73. The molecule has 1 heterocycles. The molecule has 0 amide bonds. The van der Waals surface area contributed by atoms with Crippen LogP contribution in [0.2, 0.25) is 0 Å². The summed E-state index contributed by atoms with van der Waals surface area (Å²) in [5, 5.41) is 0. The SMILES string of the molecule is OP1(O)(O)OO1.[SnH4]. The Morgan fingerprint density at radius 3 is 1.14 bits per heavy atom. The Hall–Kier alpha value is 1.03. The van der Waals surface area contributed by atoms with Crippen molar-refractivity contribution in [3.63, 3.8) is 0 Å². The van der Waals surface area contributed by atoms with Crippen molar-refractivity contribution >= 4 is 31.6 Å². The first kappa shape index (κ1) is 8.03. The third kappa shape index (κ3) is 2.76. The third-order valence-electron chi connectivity index (χ3n) is 0.275. The van der Waals surface area contributed by atoms with E-state index in [2.05, 4.69) is 9.35 Å². The topological polar surface area (TPSA) is 85.8 Å². The van der Waals surface area contributed by atoms with E-state index >= 15 is 0 Å². The van der Waals surface area contributed by atoms with Crippen molar-refractivity contribution in [3.8, 4) is 0 Å². The Labute approximate surface area is 56.1 Å². The molecule has 5 nitrogen and oxygen atoms in total. The third-order valence-corrected chi connectivity index (χ3v) is 0.824. The van der Waals surface area contributed by atoms with Crippen LogP contribution in [0.5, 0.6) is 0 Å². The van der Waals surface area contributed by atoms with Crippen molar-refractivity contribution in [1.29, 1.82) is 0 Å². The molecule has 0 saturated carbocycles. The Balaban J connectivity index is 0.000000360. The summed E-state index contributed by atoms with van der Waals surface area (Å²) in [6.07, 6.45) is 0. The molecule has 7 heavy (non-hydrogen) atoms. The summed E-state index contributed by atoms with van der Waals surface area (Å²) in [7, 11) is -4.80. The molecular weight excluding hydrogens is 230 g/mol. The van der Waals surface area contributed by atoms with Crippen LogP contribution in [0.4, 0.5) is 0 Å². The van der Waals surface area contributed by atoms with E-state index in [4.69, 9.17) is 14.7 Å². The molecule has 0 spiro atoms. The van der Waals surface area contributed by atoms with Crippen LogP contribution in [0.3, 0.4) is 0 Å². The molecule has 1 saturated heterocycles. The molecule has 1 fully saturated rings. The standard InChI is InChI=1S/H3O5P.Sn.4H/c1-6(2,3)4-5-6;;;;;/h1-3H;;;;;. The maximum atomic E-state index is 7.89. The first-order valence-electron chi connectivity index (χ1n) is 1.13. The van der Waals surface area contributed by atoms with Crippen molar-refractivity contribution in [2.24, 2.45) is 0 Å². The molecule has 1 aliphatic rings. The van der Waals surface area contributed by atoms with Gasteiger partial charge in [-0.15, -0.1) is 0 Å². The molecule has 0 bridgehead atoms. The van der Waals surface area contributed by atoms with E-state index in [1.165, 1.54) is 0 Å². The number of hydrogen-bond donors (Lipinski definition) is 3. The van der Waals surface area contributed by atoms with E-state index in [1.807, 2.05) is 0 Å². The summed E-state index contributed by atoms with van der Waals surface area (Å²) in [5.74, 6) is 0. The van der Waals surface area contributed by atoms with Gasteiger partial charge in [-0.25, -0.2) is 0 Å². The molecule has 3 N–H and O–H groups in total. The van der Waals surface area contributed by atoms with Crippen LogP contribution in [0.25, 0.3) is 0 Å². The molecular formula is H7O5PSn. The monoisotopic (exact) mass is 238 g/mol. The second-order valence-corrected chi connectivity index (χ2v) is 2.95. The molecule has 0 unspecified atom stereocenters. The van der Waals surface area contributed by atoms with Gasteiger partial charge in [0.05, 0.1) is 0 Å². The Morgan fingerprint density at radius 2 is 1.14 bits per heavy atom. The molecule has 7 heteroatoms. The molecule has 46 valence electrons. The normalized spacial score (nSPS) is 36.7. The second-order valence-electron chi connectivity index (χ2n) is 0.982. The molecule has 0 aromatic heterocycles. The predicted molar refractivity (Wildman–Crippen MR) is 27.1 cm³/mol. The fourth-order valence-corrected chi connectivity index (χ4v) is 0.402. The molecule has 0 atom stereocenters. The molecule has 1 aliphatic heterocycles. The van der Waals surface area contributed by atoms with Gasteiger partial charge in [-0.1, -0.05) is 0 Å². The molecule has 0 radical (unpaired) electrons. The maximum absolute atomic E-state index is 7.89. The zero-order chi connectivity index (χ0) is 4.86. The quantitative estimate of drug-likeness (QED) is 0.189. The number of rotatable bonds is 0. The van der Waals surface area contributed by atoms with Gasteiger partial charge >= 0.3 is 55.7 Å². The van der Waals surface area contributed by atoms with E-state index in [-0.39, 0.29) is 23.9 Å². The van der Waals surface area contributed by atoms with Crippen LogP contribution in [0.15, 0.2) is 0 Å². The van der Waals surface area contributed by atoms with Crippen molar-refractivity contribution in [2.75, 3.05) is 0 Å². The summed E-state index contributed by atoms with van der Waals surface area (Å²) in [5.41, 5.74) is 0.